The molecular formula is C18H19Cl2NO4S. The molecule has 1 fully saturated rings. The summed E-state index contributed by atoms with van der Waals surface area (Å²) < 4.78 is 11.0. The zero-order valence-electron chi connectivity index (χ0n) is 14.5. The average Bonchev–Trinajstić information content (AvgIpc) is 2.98. The van der Waals surface area contributed by atoms with Crippen LogP contribution in [0, 0.1) is 5.92 Å². The van der Waals surface area contributed by atoms with Crippen LogP contribution in [0.1, 0.15) is 29.4 Å². The van der Waals surface area contributed by atoms with Gasteiger partial charge < -0.3 is 14.4 Å². The zero-order valence-corrected chi connectivity index (χ0v) is 16.8. The largest absolute Gasteiger partial charge is 0.495 e. The number of ether oxygens (including phenoxy) is 2. The van der Waals surface area contributed by atoms with E-state index in [0.717, 1.165) is 24.2 Å². The summed E-state index contributed by atoms with van der Waals surface area (Å²) in [6.45, 7) is 3.30. The number of methoxy groups -OCH3 is 1. The molecule has 0 N–H and O–H groups in total. The van der Waals surface area contributed by atoms with Gasteiger partial charge in [-0.15, -0.1) is 11.3 Å². The molecule has 26 heavy (non-hydrogen) atoms. The Bertz CT molecular complexity index is 843. The second kappa shape index (κ2) is 8.03. The molecule has 0 atom stereocenters. The van der Waals surface area contributed by atoms with Gasteiger partial charge in [-0.2, -0.15) is 0 Å². The topological polar surface area (TPSA) is 55.8 Å². The molecule has 0 saturated carbocycles. The maximum Gasteiger partial charge on any atom is 0.350 e. The van der Waals surface area contributed by atoms with E-state index in [1.54, 1.807) is 17.0 Å². The van der Waals surface area contributed by atoms with Crippen LogP contribution in [0.15, 0.2) is 12.1 Å². The summed E-state index contributed by atoms with van der Waals surface area (Å²) in [5, 5.41) is 1.33. The molecule has 1 amide bonds. The second-order valence-corrected chi connectivity index (χ2v) is 8.12. The van der Waals surface area contributed by atoms with Gasteiger partial charge in [0.25, 0.3) is 5.91 Å². The molecule has 2 heterocycles. The lowest BCUT2D eigenvalue weighted by Crippen LogP contribution is -2.40. The normalized spacial score (nSPS) is 15.3. The van der Waals surface area contributed by atoms with E-state index < -0.39 is 5.97 Å². The second-order valence-electron chi connectivity index (χ2n) is 6.34. The third kappa shape index (κ3) is 3.77. The highest BCUT2D eigenvalue weighted by Gasteiger charge is 2.24. The molecule has 1 aliphatic heterocycles. The van der Waals surface area contributed by atoms with Crippen LogP contribution in [0.25, 0.3) is 10.1 Å². The van der Waals surface area contributed by atoms with E-state index in [4.69, 9.17) is 32.7 Å². The van der Waals surface area contributed by atoms with Crippen molar-refractivity contribution in [1.82, 2.24) is 4.90 Å². The van der Waals surface area contributed by atoms with Crippen LogP contribution in [0.3, 0.4) is 0 Å². The lowest BCUT2D eigenvalue weighted by Gasteiger charge is -2.30. The molecule has 1 saturated heterocycles. The highest BCUT2D eigenvalue weighted by molar-refractivity contribution is 7.22. The minimum Gasteiger partial charge on any atom is -0.495 e. The van der Waals surface area contributed by atoms with Crippen LogP contribution in [0.2, 0.25) is 10.0 Å². The van der Waals surface area contributed by atoms with Gasteiger partial charge in [-0.3, -0.25) is 4.79 Å². The fourth-order valence-corrected chi connectivity index (χ4v) is 4.69. The number of carbonyl (C=O) groups is 2. The fourth-order valence-electron chi connectivity index (χ4n) is 2.91. The van der Waals surface area contributed by atoms with Gasteiger partial charge in [0, 0.05) is 18.5 Å². The van der Waals surface area contributed by atoms with Gasteiger partial charge in [0.2, 0.25) is 0 Å². The van der Waals surface area contributed by atoms with Gasteiger partial charge >= 0.3 is 5.97 Å². The summed E-state index contributed by atoms with van der Waals surface area (Å²) >= 11 is 13.7. The molecule has 1 aromatic carbocycles. The van der Waals surface area contributed by atoms with Gasteiger partial charge in [0.1, 0.15) is 15.6 Å². The lowest BCUT2D eigenvalue weighted by molar-refractivity contribution is -0.135. The molecular weight excluding hydrogens is 397 g/mol. The fraction of sp³-hybridized carbons (Fsp3) is 0.444. The molecule has 5 nitrogen and oxygen atoms in total. The van der Waals surface area contributed by atoms with Crippen molar-refractivity contribution in [3.8, 4) is 5.75 Å². The van der Waals surface area contributed by atoms with E-state index >= 15 is 0 Å². The molecule has 0 spiro atoms. The highest BCUT2D eigenvalue weighted by atomic mass is 35.5. The van der Waals surface area contributed by atoms with E-state index in [-0.39, 0.29) is 22.4 Å². The maximum atomic E-state index is 12.4. The summed E-state index contributed by atoms with van der Waals surface area (Å²) in [7, 11) is 1.52. The molecule has 8 heteroatoms. The zero-order chi connectivity index (χ0) is 18.8. The number of rotatable bonds is 4. The summed E-state index contributed by atoms with van der Waals surface area (Å²) in [6.07, 6.45) is 1.95. The lowest BCUT2D eigenvalue weighted by atomic mass is 9.99. The Morgan fingerprint density at radius 3 is 2.58 bits per heavy atom. The molecule has 0 aliphatic carbocycles. The van der Waals surface area contributed by atoms with E-state index in [2.05, 4.69) is 6.92 Å². The number of carbonyl (C=O) groups excluding carboxylic acids is 2. The molecule has 1 aliphatic rings. The Balaban J connectivity index is 1.71. The van der Waals surface area contributed by atoms with E-state index in [9.17, 15) is 9.59 Å². The van der Waals surface area contributed by atoms with Gasteiger partial charge in [-0.25, -0.2) is 4.79 Å². The van der Waals surface area contributed by atoms with Crippen molar-refractivity contribution in [2.75, 3.05) is 26.8 Å². The minimum atomic E-state index is -0.620. The molecule has 3 rings (SSSR count). The number of hydrogen-bond acceptors (Lipinski definition) is 5. The average molecular weight is 416 g/mol. The number of fused-ring (bicyclic) bond motifs is 1. The predicted molar refractivity (Wildman–Crippen MR) is 104 cm³/mol. The van der Waals surface area contributed by atoms with Crippen molar-refractivity contribution in [2.24, 2.45) is 5.92 Å². The van der Waals surface area contributed by atoms with Gasteiger partial charge in [0.05, 0.1) is 16.8 Å². The van der Waals surface area contributed by atoms with Gasteiger partial charge in [-0.1, -0.05) is 30.1 Å². The van der Waals surface area contributed by atoms with Gasteiger partial charge in [-0.05, 0) is 30.9 Å². The van der Waals surface area contributed by atoms with E-state index in [1.807, 2.05) is 0 Å². The van der Waals surface area contributed by atoms with Crippen molar-refractivity contribution < 1.29 is 19.1 Å². The van der Waals surface area contributed by atoms with E-state index in [1.165, 1.54) is 7.11 Å². The van der Waals surface area contributed by atoms with Crippen LogP contribution in [-0.4, -0.2) is 43.6 Å². The smallest absolute Gasteiger partial charge is 0.350 e. The molecule has 0 bridgehead atoms. The first-order valence-corrected chi connectivity index (χ1v) is 9.89. The Hall–Kier alpha value is -1.50. The Morgan fingerprint density at radius 1 is 1.23 bits per heavy atom. The molecule has 1 aromatic heterocycles. The van der Waals surface area contributed by atoms with Crippen LogP contribution in [0.4, 0.5) is 0 Å². The summed E-state index contributed by atoms with van der Waals surface area (Å²) in [4.78, 5) is 26.6. The Labute approximate surface area is 165 Å². The minimum absolute atomic E-state index is 0.179. The summed E-state index contributed by atoms with van der Waals surface area (Å²) in [6, 6.07) is 3.44. The SMILES string of the molecule is COc1ccc2c(Cl)c(C(=O)OCC(=O)N3CCC(C)CC3)sc2c1Cl. The first-order valence-electron chi connectivity index (χ1n) is 8.31. The molecule has 140 valence electrons. The van der Waals surface area contributed by atoms with Crippen LogP contribution >= 0.6 is 34.5 Å². The van der Waals surface area contributed by atoms with Crippen molar-refractivity contribution in [2.45, 2.75) is 19.8 Å². The number of benzene rings is 1. The van der Waals surface area contributed by atoms with Crippen LogP contribution in [0.5, 0.6) is 5.75 Å². The Kier molecular flexibility index (Phi) is 5.95. The van der Waals surface area contributed by atoms with Crippen LogP contribution in [-0.2, 0) is 9.53 Å². The number of thiophene rings is 1. The van der Waals surface area contributed by atoms with Crippen molar-refractivity contribution in [3.05, 3.63) is 27.1 Å². The maximum absolute atomic E-state index is 12.4. The number of halogens is 2. The monoisotopic (exact) mass is 415 g/mol. The van der Waals surface area contributed by atoms with Crippen LogP contribution < -0.4 is 4.74 Å². The van der Waals surface area contributed by atoms with Gasteiger partial charge in [0.15, 0.2) is 6.61 Å². The Morgan fingerprint density at radius 2 is 1.92 bits per heavy atom. The third-order valence-corrected chi connectivity index (χ3v) is 6.77. The van der Waals surface area contributed by atoms with Crippen molar-refractivity contribution in [3.63, 3.8) is 0 Å². The number of amides is 1. The number of piperidine rings is 1. The van der Waals surface area contributed by atoms with Crippen molar-refractivity contribution >= 4 is 56.5 Å². The predicted octanol–water partition coefficient (Wildman–Crippen LogP) is 4.63. The summed E-state index contributed by atoms with van der Waals surface area (Å²) in [5.74, 6) is 0.333. The quantitative estimate of drug-likeness (QED) is 0.682. The molecule has 2 aromatic rings. The number of nitrogens with zero attached hydrogens (tertiary/aromatic N) is 1. The van der Waals surface area contributed by atoms with Crippen molar-refractivity contribution in [1.29, 1.82) is 0 Å². The standard InChI is InChI=1S/C18H19Cl2NO4S/c1-10-5-7-21(8-6-10)13(22)9-25-18(23)17-14(19)11-3-4-12(24-2)15(20)16(11)26-17/h3-4,10H,5-9H2,1-2H3. The molecule has 0 unspecified atom stereocenters. The number of esters is 1. The third-order valence-electron chi connectivity index (χ3n) is 4.57. The first-order chi connectivity index (χ1) is 12.4. The highest BCUT2D eigenvalue weighted by Crippen LogP contribution is 2.43. The van der Waals surface area contributed by atoms with E-state index in [0.29, 0.717) is 39.9 Å². The number of likely N-dealkylation sites (tertiary alicyclic amines) is 1. The first kappa shape index (κ1) is 19.3. The summed E-state index contributed by atoms with van der Waals surface area (Å²) in [5.41, 5.74) is 0. The number of hydrogen-bond donors (Lipinski definition) is 0. The molecule has 0 radical (unpaired) electrons.